The van der Waals surface area contributed by atoms with E-state index in [1.807, 2.05) is 0 Å². The van der Waals surface area contributed by atoms with Gasteiger partial charge in [0.15, 0.2) is 5.69 Å². The van der Waals surface area contributed by atoms with Crippen LogP contribution in [0.4, 0.5) is 17.6 Å². The highest BCUT2D eigenvalue weighted by Crippen LogP contribution is 2.34. The number of phenols is 1. The van der Waals surface area contributed by atoms with E-state index in [1.165, 1.54) is 18.2 Å². The first kappa shape index (κ1) is 21.8. The number of carbonyl (C=O) groups excluding carboxylic acids is 1. The number of phenolic OH excluding ortho intramolecular Hbond substituents is 1. The highest BCUT2D eigenvalue weighted by Gasteiger charge is 2.36. The Balaban J connectivity index is 1.81. The van der Waals surface area contributed by atoms with Gasteiger partial charge in [-0.25, -0.2) is 9.07 Å². The lowest BCUT2D eigenvalue weighted by Gasteiger charge is -2.22. The maximum Gasteiger partial charge on any atom is 0.435 e. The molecule has 1 fully saturated rings. The van der Waals surface area contributed by atoms with Crippen LogP contribution in [0.2, 0.25) is 0 Å². The second kappa shape index (κ2) is 8.27. The van der Waals surface area contributed by atoms with Gasteiger partial charge in [0, 0.05) is 11.6 Å². The lowest BCUT2D eigenvalue weighted by molar-refractivity contribution is -0.141. The van der Waals surface area contributed by atoms with Gasteiger partial charge in [-0.15, -0.1) is 0 Å². The van der Waals surface area contributed by atoms with Crippen LogP contribution in [0.25, 0.3) is 5.69 Å². The molecule has 168 valence electrons. The third kappa shape index (κ3) is 4.45. The van der Waals surface area contributed by atoms with Gasteiger partial charge in [-0.3, -0.25) is 4.79 Å². The topological polar surface area (TPSA) is 93.2 Å². The second-order valence-electron chi connectivity index (χ2n) is 7.74. The Kier molecular flexibility index (Phi) is 5.64. The van der Waals surface area contributed by atoms with Crippen LogP contribution >= 0.6 is 0 Å². The number of para-hydroxylation sites is 1. The summed E-state index contributed by atoms with van der Waals surface area (Å²) in [6, 6.07) is 10.4. The molecule has 1 aromatic heterocycles. The molecule has 32 heavy (non-hydrogen) atoms. The maximum atomic E-state index is 14.7. The summed E-state index contributed by atoms with van der Waals surface area (Å²) in [6.07, 6.45) is -2.69. The monoisotopic (exact) mass is 448 g/mol. The number of nitrogens with zero attached hydrogens (tertiary/aromatic N) is 2. The maximum absolute atomic E-state index is 14.7. The molecule has 4 N–H and O–H groups in total. The van der Waals surface area contributed by atoms with E-state index in [2.05, 4.69) is 10.4 Å². The fourth-order valence-electron chi connectivity index (χ4n) is 3.50. The zero-order valence-corrected chi connectivity index (χ0v) is 16.7. The number of nitrogens with one attached hydrogen (secondary N) is 1. The quantitative estimate of drug-likeness (QED) is 0.478. The molecule has 4 rings (SSSR count). The first-order valence-corrected chi connectivity index (χ1v) is 9.93. The van der Waals surface area contributed by atoms with Gasteiger partial charge in [0.05, 0.1) is 6.04 Å². The fraction of sp³-hybridized carbons (Fsp3) is 0.273. The Morgan fingerprint density at radius 1 is 1.22 bits per heavy atom. The molecule has 0 spiro atoms. The van der Waals surface area contributed by atoms with E-state index in [9.17, 15) is 27.5 Å². The van der Waals surface area contributed by atoms with Crippen molar-refractivity contribution in [2.45, 2.75) is 25.1 Å². The van der Waals surface area contributed by atoms with E-state index < -0.39 is 35.3 Å². The summed E-state index contributed by atoms with van der Waals surface area (Å²) in [6.45, 7) is 0.651. The van der Waals surface area contributed by atoms with E-state index >= 15 is 0 Å². The van der Waals surface area contributed by atoms with Crippen molar-refractivity contribution in [3.05, 3.63) is 76.9 Å². The van der Waals surface area contributed by atoms with Crippen molar-refractivity contribution in [3.63, 3.8) is 0 Å². The average Bonchev–Trinajstić information content (AvgIpc) is 3.44. The second-order valence-corrected chi connectivity index (χ2v) is 7.74. The van der Waals surface area contributed by atoms with Gasteiger partial charge in [0.1, 0.15) is 22.9 Å². The molecule has 10 heteroatoms. The molecule has 1 aliphatic carbocycles. The van der Waals surface area contributed by atoms with E-state index in [-0.39, 0.29) is 11.4 Å². The number of carbonyl (C=O) groups is 1. The van der Waals surface area contributed by atoms with Crippen molar-refractivity contribution >= 4 is 5.91 Å². The minimum Gasteiger partial charge on any atom is -0.508 e. The zero-order chi connectivity index (χ0) is 23.0. The third-order valence-corrected chi connectivity index (χ3v) is 5.34. The molecule has 0 radical (unpaired) electrons. The molecule has 1 atom stereocenters. The molecule has 1 unspecified atom stereocenters. The molecule has 1 amide bonds. The number of aromatic hydroxyl groups is 1. The van der Waals surface area contributed by atoms with Gasteiger partial charge < -0.3 is 16.2 Å². The van der Waals surface area contributed by atoms with Crippen molar-refractivity contribution in [2.75, 3.05) is 6.54 Å². The number of primary amides is 1. The van der Waals surface area contributed by atoms with E-state index in [0.29, 0.717) is 34.3 Å². The van der Waals surface area contributed by atoms with Crippen LogP contribution in [-0.2, 0) is 6.18 Å². The average molecular weight is 448 g/mol. The van der Waals surface area contributed by atoms with Gasteiger partial charge >= 0.3 is 6.18 Å². The fourth-order valence-corrected chi connectivity index (χ4v) is 3.50. The van der Waals surface area contributed by atoms with Crippen molar-refractivity contribution in [2.24, 2.45) is 11.7 Å². The van der Waals surface area contributed by atoms with Gasteiger partial charge in [0.2, 0.25) is 0 Å². The van der Waals surface area contributed by atoms with Crippen LogP contribution in [0, 0.1) is 11.7 Å². The van der Waals surface area contributed by atoms with Crippen LogP contribution in [0.3, 0.4) is 0 Å². The first-order valence-electron chi connectivity index (χ1n) is 9.93. The van der Waals surface area contributed by atoms with Crippen molar-refractivity contribution in [3.8, 4) is 11.4 Å². The molecule has 1 saturated carbocycles. The molecule has 6 nitrogen and oxygen atoms in total. The predicted octanol–water partition coefficient (Wildman–Crippen LogP) is 3.92. The number of rotatable bonds is 7. The largest absolute Gasteiger partial charge is 0.508 e. The van der Waals surface area contributed by atoms with Gasteiger partial charge in [-0.1, -0.05) is 24.3 Å². The Labute approximate surface area is 180 Å². The van der Waals surface area contributed by atoms with Crippen molar-refractivity contribution in [1.29, 1.82) is 0 Å². The van der Waals surface area contributed by atoms with Crippen LogP contribution in [0.15, 0.2) is 48.5 Å². The Morgan fingerprint density at radius 3 is 2.56 bits per heavy atom. The van der Waals surface area contributed by atoms with Gasteiger partial charge in [-0.2, -0.15) is 18.3 Å². The third-order valence-electron chi connectivity index (χ3n) is 5.34. The molecular weight excluding hydrogens is 428 g/mol. The lowest BCUT2D eigenvalue weighted by atomic mass is 9.97. The summed E-state index contributed by atoms with van der Waals surface area (Å²) in [4.78, 5) is 11.7. The molecular formula is C22H20F4N4O2. The number of amides is 1. The molecule has 0 saturated heterocycles. The number of benzene rings is 2. The summed E-state index contributed by atoms with van der Waals surface area (Å²) in [7, 11) is 0. The van der Waals surface area contributed by atoms with Crippen LogP contribution < -0.4 is 11.1 Å². The normalized spacial score (nSPS) is 15.0. The molecule has 1 aliphatic rings. The Hall–Kier alpha value is -3.40. The van der Waals surface area contributed by atoms with E-state index in [1.54, 1.807) is 18.2 Å². The summed E-state index contributed by atoms with van der Waals surface area (Å²) >= 11 is 0. The van der Waals surface area contributed by atoms with Crippen LogP contribution in [-0.4, -0.2) is 27.3 Å². The number of halogens is 4. The molecule has 3 aromatic rings. The molecule has 2 aromatic carbocycles. The Morgan fingerprint density at radius 2 is 1.94 bits per heavy atom. The highest BCUT2D eigenvalue weighted by molar-refractivity contribution is 5.91. The lowest BCUT2D eigenvalue weighted by Crippen LogP contribution is -2.25. The Bertz CT molecular complexity index is 1160. The molecule has 1 heterocycles. The summed E-state index contributed by atoms with van der Waals surface area (Å²) in [5.74, 6) is -1.55. The summed E-state index contributed by atoms with van der Waals surface area (Å²) in [5, 5.41) is 17.1. The van der Waals surface area contributed by atoms with Gasteiger partial charge in [-0.05, 0) is 49.1 Å². The highest BCUT2D eigenvalue weighted by atomic mass is 19.4. The first-order chi connectivity index (χ1) is 15.1. The number of hydrogen-bond acceptors (Lipinski definition) is 4. The minimum absolute atomic E-state index is 0.0166. The van der Waals surface area contributed by atoms with Crippen molar-refractivity contribution < 1.29 is 27.5 Å². The number of aromatic nitrogens is 2. The number of alkyl halides is 3. The van der Waals surface area contributed by atoms with Crippen molar-refractivity contribution in [1.82, 2.24) is 15.1 Å². The number of hydrogen-bond donors (Lipinski definition) is 3. The van der Waals surface area contributed by atoms with E-state index in [0.717, 1.165) is 18.9 Å². The smallest absolute Gasteiger partial charge is 0.435 e. The molecule has 0 bridgehead atoms. The SMILES string of the molecule is NC(=O)c1cc(C(F)(F)F)nn1-c1cc(C(NCC2CC2)c2ccccc2O)ccc1F. The predicted molar refractivity (Wildman–Crippen MR) is 108 cm³/mol. The minimum atomic E-state index is -4.84. The van der Waals surface area contributed by atoms with Crippen LogP contribution in [0.1, 0.15) is 46.2 Å². The summed E-state index contributed by atoms with van der Waals surface area (Å²) in [5.41, 5.74) is 3.90. The molecule has 0 aliphatic heterocycles. The summed E-state index contributed by atoms with van der Waals surface area (Å²) < 4.78 is 54.7. The zero-order valence-electron chi connectivity index (χ0n) is 16.7. The van der Waals surface area contributed by atoms with Crippen LogP contribution in [0.5, 0.6) is 5.75 Å². The van der Waals surface area contributed by atoms with E-state index in [4.69, 9.17) is 5.73 Å². The van der Waals surface area contributed by atoms with Gasteiger partial charge in [0.25, 0.3) is 5.91 Å². The standard InChI is InChI=1S/C22H20F4N4O2/c23-15-8-7-13(20(28-11-12-5-6-12)14-3-1-2-4-18(14)31)9-16(15)30-17(21(27)32)10-19(29-30)22(24,25)26/h1-4,7-10,12,20,28,31H,5-6,11H2,(H2,27,32). The number of nitrogens with two attached hydrogens (primary N) is 1.